The average molecular weight is 245 g/mol. The van der Waals surface area contributed by atoms with Crippen molar-refractivity contribution in [2.75, 3.05) is 7.05 Å². The van der Waals surface area contributed by atoms with Gasteiger partial charge in [-0.1, -0.05) is 17.8 Å². The fourth-order valence-electron chi connectivity index (χ4n) is 1.58. The van der Waals surface area contributed by atoms with Gasteiger partial charge in [0.15, 0.2) is 0 Å². The van der Waals surface area contributed by atoms with E-state index in [1.54, 1.807) is 30.4 Å². The molecule has 0 saturated heterocycles. The largest absolute Gasteiger partial charge is 0.316 e. The summed E-state index contributed by atoms with van der Waals surface area (Å²) in [6.07, 6.45) is 5.18. The summed E-state index contributed by atoms with van der Waals surface area (Å²) < 4.78 is 0. The van der Waals surface area contributed by atoms with Crippen LogP contribution in [0.25, 0.3) is 0 Å². The molecule has 0 saturated carbocycles. The van der Waals surface area contributed by atoms with Crippen molar-refractivity contribution >= 4 is 11.8 Å². The molecule has 0 spiro atoms. The van der Waals surface area contributed by atoms with Crippen molar-refractivity contribution in [2.45, 2.75) is 23.4 Å². The van der Waals surface area contributed by atoms with Crippen molar-refractivity contribution < 1.29 is 0 Å². The van der Waals surface area contributed by atoms with Crippen LogP contribution in [0.4, 0.5) is 0 Å². The summed E-state index contributed by atoms with van der Waals surface area (Å²) in [5.41, 5.74) is 2.63. The van der Waals surface area contributed by atoms with Crippen LogP contribution in [0.5, 0.6) is 0 Å². The van der Waals surface area contributed by atoms with Gasteiger partial charge in [-0.2, -0.15) is 0 Å². The number of benzene rings is 1. The number of nitrogens with zero attached hydrogens (tertiary/aromatic N) is 2. The first-order valence-corrected chi connectivity index (χ1v) is 6.29. The summed E-state index contributed by atoms with van der Waals surface area (Å²) >= 11 is 1.63. The molecule has 0 unspecified atom stereocenters. The first kappa shape index (κ1) is 12.1. The summed E-state index contributed by atoms with van der Waals surface area (Å²) in [7, 11) is 1.96. The van der Waals surface area contributed by atoms with E-state index in [0.717, 1.165) is 11.6 Å². The van der Waals surface area contributed by atoms with Crippen LogP contribution in [0.2, 0.25) is 0 Å². The molecular weight excluding hydrogens is 230 g/mol. The molecule has 1 heterocycles. The van der Waals surface area contributed by atoms with Gasteiger partial charge in [0.1, 0.15) is 5.03 Å². The maximum absolute atomic E-state index is 4.25. The minimum atomic E-state index is 0.905. The van der Waals surface area contributed by atoms with Crippen molar-refractivity contribution in [2.24, 2.45) is 0 Å². The van der Waals surface area contributed by atoms with E-state index in [-0.39, 0.29) is 0 Å². The Morgan fingerprint density at radius 3 is 2.82 bits per heavy atom. The average Bonchev–Trinajstić information content (AvgIpc) is 2.34. The van der Waals surface area contributed by atoms with Crippen molar-refractivity contribution in [3.63, 3.8) is 0 Å². The Balaban J connectivity index is 2.15. The van der Waals surface area contributed by atoms with Crippen LogP contribution in [-0.2, 0) is 6.54 Å². The molecule has 0 aliphatic rings. The predicted molar refractivity (Wildman–Crippen MR) is 70.1 cm³/mol. The minimum Gasteiger partial charge on any atom is -0.316 e. The lowest BCUT2D eigenvalue weighted by Crippen LogP contribution is -2.06. The monoisotopic (exact) mass is 245 g/mol. The third-order valence-electron chi connectivity index (χ3n) is 2.44. The highest BCUT2D eigenvalue weighted by Crippen LogP contribution is 2.26. The van der Waals surface area contributed by atoms with Crippen LogP contribution in [0.15, 0.2) is 46.7 Å². The van der Waals surface area contributed by atoms with Gasteiger partial charge in [-0.25, -0.2) is 4.98 Å². The lowest BCUT2D eigenvalue weighted by atomic mass is 10.1. The van der Waals surface area contributed by atoms with Gasteiger partial charge >= 0.3 is 0 Å². The van der Waals surface area contributed by atoms with Crippen molar-refractivity contribution in [1.29, 1.82) is 0 Å². The molecular formula is C13H15N3S. The lowest BCUT2D eigenvalue weighted by Gasteiger charge is -2.07. The lowest BCUT2D eigenvalue weighted by molar-refractivity contribution is 0.811. The number of hydrogen-bond acceptors (Lipinski definition) is 4. The molecule has 1 aromatic carbocycles. The molecule has 0 fully saturated rings. The number of rotatable bonds is 4. The highest BCUT2D eigenvalue weighted by molar-refractivity contribution is 7.99. The smallest absolute Gasteiger partial charge is 0.119 e. The second kappa shape index (κ2) is 5.80. The van der Waals surface area contributed by atoms with Crippen molar-refractivity contribution in [3.05, 3.63) is 47.9 Å². The Hall–Kier alpha value is -1.39. The first-order chi connectivity index (χ1) is 8.29. The number of hydrogen-bond donors (Lipinski definition) is 1. The Kier molecular flexibility index (Phi) is 4.12. The molecule has 0 radical (unpaired) electrons. The SMILES string of the molecule is CNCc1ccc(Sc2cnccn2)cc1C. The summed E-state index contributed by atoms with van der Waals surface area (Å²) in [5, 5.41) is 4.09. The maximum Gasteiger partial charge on any atom is 0.119 e. The molecule has 2 aromatic rings. The van der Waals surface area contributed by atoms with Gasteiger partial charge < -0.3 is 5.32 Å². The molecule has 0 amide bonds. The van der Waals surface area contributed by atoms with E-state index in [1.165, 1.54) is 16.0 Å². The molecule has 1 N–H and O–H groups in total. The van der Waals surface area contributed by atoms with E-state index < -0.39 is 0 Å². The number of aryl methyl sites for hydroxylation is 1. The standard InChI is InChI=1S/C13H15N3S/c1-10-7-12(4-3-11(10)8-14-2)17-13-9-15-5-6-16-13/h3-7,9,14H,8H2,1-2H3. The Morgan fingerprint density at radius 2 is 2.18 bits per heavy atom. The molecule has 0 aliphatic carbocycles. The summed E-state index contributed by atoms with van der Waals surface area (Å²) in [6, 6.07) is 6.47. The van der Waals surface area contributed by atoms with Gasteiger partial charge in [0.2, 0.25) is 0 Å². The Bertz CT molecular complexity index is 485. The zero-order valence-electron chi connectivity index (χ0n) is 9.97. The predicted octanol–water partition coefficient (Wildman–Crippen LogP) is 2.66. The van der Waals surface area contributed by atoms with E-state index in [2.05, 4.69) is 40.4 Å². The third-order valence-corrected chi connectivity index (χ3v) is 3.35. The van der Waals surface area contributed by atoms with Gasteiger partial charge in [0.05, 0.1) is 6.20 Å². The highest BCUT2D eigenvalue weighted by Gasteiger charge is 2.02. The van der Waals surface area contributed by atoms with Crippen LogP contribution in [0, 0.1) is 6.92 Å². The molecule has 17 heavy (non-hydrogen) atoms. The molecule has 3 nitrogen and oxygen atoms in total. The first-order valence-electron chi connectivity index (χ1n) is 5.47. The van der Waals surface area contributed by atoms with Crippen LogP contribution in [0.1, 0.15) is 11.1 Å². The zero-order chi connectivity index (χ0) is 12.1. The fourth-order valence-corrected chi connectivity index (χ4v) is 2.42. The van der Waals surface area contributed by atoms with Gasteiger partial charge in [-0.05, 0) is 37.2 Å². The van der Waals surface area contributed by atoms with E-state index >= 15 is 0 Å². The van der Waals surface area contributed by atoms with E-state index in [4.69, 9.17) is 0 Å². The highest BCUT2D eigenvalue weighted by atomic mass is 32.2. The van der Waals surface area contributed by atoms with Crippen LogP contribution in [0.3, 0.4) is 0 Å². The van der Waals surface area contributed by atoms with Gasteiger partial charge in [0, 0.05) is 23.8 Å². The quantitative estimate of drug-likeness (QED) is 0.898. The van der Waals surface area contributed by atoms with E-state index in [9.17, 15) is 0 Å². The Morgan fingerprint density at radius 1 is 1.29 bits per heavy atom. The maximum atomic E-state index is 4.25. The van der Waals surface area contributed by atoms with Gasteiger partial charge in [-0.3, -0.25) is 4.98 Å². The molecule has 0 aliphatic heterocycles. The molecule has 0 atom stereocenters. The van der Waals surface area contributed by atoms with Crippen molar-refractivity contribution in [1.82, 2.24) is 15.3 Å². The molecule has 2 rings (SSSR count). The van der Waals surface area contributed by atoms with Gasteiger partial charge in [-0.15, -0.1) is 0 Å². The summed E-state index contributed by atoms with van der Waals surface area (Å²) in [6.45, 7) is 3.04. The van der Waals surface area contributed by atoms with Gasteiger partial charge in [0.25, 0.3) is 0 Å². The summed E-state index contributed by atoms with van der Waals surface area (Å²) in [5.74, 6) is 0. The molecule has 1 aromatic heterocycles. The summed E-state index contributed by atoms with van der Waals surface area (Å²) in [4.78, 5) is 9.50. The molecule has 4 heteroatoms. The number of aromatic nitrogens is 2. The minimum absolute atomic E-state index is 0.905. The van der Waals surface area contributed by atoms with Crippen LogP contribution < -0.4 is 5.32 Å². The topological polar surface area (TPSA) is 37.8 Å². The normalized spacial score (nSPS) is 10.5. The van der Waals surface area contributed by atoms with E-state index in [1.807, 2.05) is 7.05 Å². The third kappa shape index (κ3) is 3.28. The van der Waals surface area contributed by atoms with Crippen molar-refractivity contribution in [3.8, 4) is 0 Å². The number of nitrogens with one attached hydrogen (secondary N) is 1. The second-order valence-electron chi connectivity index (χ2n) is 3.76. The van der Waals surface area contributed by atoms with E-state index in [0.29, 0.717) is 0 Å². The van der Waals surface area contributed by atoms with Crippen LogP contribution in [-0.4, -0.2) is 17.0 Å². The molecule has 88 valence electrons. The fraction of sp³-hybridized carbons (Fsp3) is 0.231. The molecule has 0 bridgehead atoms. The second-order valence-corrected chi connectivity index (χ2v) is 4.86. The Labute approximate surface area is 106 Å². The van der Waals surface area contributed by atoms with Crippen LogP contribution >= 0.6 is 11.8 Å². The zero-order valence-corrected chi connectivity index (χ0v) is 10.8.